The van der Waals surface area contributed by atoms with Gasteiger partial charge in [-0.2, -0.15) is 0 Å². The molecule has 16 heavy (non-hydrogen) atoms. The molecule has 94 valence electrons. The summed E-state index contributed by atoms with van der Waals surface area (Å²) in [5.74, 6) is 0. The number of carbonyl (C=O) groups is 1. The number of hydrogen-bond donors (Lipinski definition) is 1. The zero-order valence-corrected chi connectivity index (χ0v) is 10.5. The number of rotatable bonds is 6. The summed E-state index contributed by atoms with van der Waals surface area (Å²) in [6.07, 6.45) is 4.16. The maximum atomic E-state index is 12.2. The fraction of sp³-hybridized carbons (Fsp3) is 0.917. The van der Waals surface area contributed by atoms with Crippen LogP contribution >= 0.6 is 0 Å². The third-order valence-corrected chi connectivity index (χ3v) is 3.35. The van der Waals surface area contributed by atoms with Gasteiger partial charge < -0.3 is 14.9 Å². The van der Waals surface area contributed by atoms with Gasteiger partial charge in [-0.15, -0.1) is 0 Å². The van der Waals surface area contributed by atoms with E-state index in [0.29, 0.717) is 19.0 Å². The molecule has 0 aromatic heterocycles. The van der Waals surface area contributed by atoms with Crippen molar-refractivity contribution in [2.45, 2.75) is 45.6 Å². The van der Waals surface area contributed by atoms with E-state index < -0.39 is 0 Å². The second-order valence-corrected chi connectivity index (χ2v) is 4.31. The molecule has 1 aliphatic carbocycles. The van der Waals surface area contributed by atoms with Gasteiger partial charge >= 0.3 is 6.03 Å². The second kappa shape index (κ2) is 6.74. The van der Waals surface area contributed by atoms with Crippen LogP contribution in [0.5, 0.6) is 0 Å². The summed E-state index contributed by atoms with van der Waals surface area (Å²) in [7, 11) is 0. The molecular formula is C12H24N2O2. The molecule has 1 fully saturated rings. The van der Waals surface area contributed by atoms with Gasteiger partial charge in [-0.25, -0.2) is 4.79 Å². The fourth-order valence-electron chi connectivity index (χ4n) is 2.05. The smallest absolute Gasteiger partial charge is 0.320 e. The summed E-state index contributed by atoms with van der Waals surface area (Å²) in [5, 5.41) is 8.87. The second-order valence-electron chi connectivity index (χ2n) is 4.31. The highest BCUT2D eigenvalue weighted by atomic mass is 16.3. The standard InChI is InChI=1S/C12H24N2O2/c1-3-13(4-2)12(16)14(9-6-10-15)11-7-5-8-11/h11,15H,3-10H2,1-2H3. The van der Waals surface area contributed by atoms with E-state index in [4.69, 9.17) is 5.11 Å². The van der Waals surface area contributed by atoms with Crippen LogP contribution in [0.15, 0.2) is 0 Å². The SMILES string of the molecule is CCN(CC)C(=O)N(CCCO)C1CCC1. The molecule has 1 saturated carbocycles. The van der Waals surface area contributed by atoms with Gasteiger partial charge in [0, 0.05) is 32.3 Å². The number of amides is 2. The lowest BCUT2D eigenvalue weighted by Crippen LogP contribution is -2.51. The molecule has 0 unspecified atom stereocenters. The minimum atomic E-state index is 0.142. The molecule has 1 aliphatic rings. The largest absolute Gasteiger partial charge is 0.396 e. The maximum absolute atomic E-state index is 12.2. The normalized spacial score (nSPS) is 15.7. The Bertz CT molecular complexity index is 213. The molecular weight excluding hydrogens is 204 g/mol. The van der Waals surface area contributed by atoms with Crippen molar-refractivity contribution in [2.75, 3.05) is 26.2 Å². The van der Waals surface area contributed by atoms with Crippen molar-refractivity contribution in [1.82, 2.24) is 9.80 Å². The molecule has 4 nitrogen and oxygen atoms in total. The highest BCUT2D eigenvalue weighted by molar-refractivity contribution is 5.74. The van der Waals surface area contributed by atoms with Crippen molar-refractivity contribution in [2.24, 2.45) is 0 Å². The van der Waals surface area contributed by atoms with Crippen molar-refractivity contribution in [3.8, 4) is 0 Å². The van der Waals surface area contributed by atoms with E-state index in [9.17, 15) is 4.79 Å². The van der Waals surface area contributed by atoms with Gasteiger partial charge in [-0.3, -0.25) is 0 Å². The minimum absolute atomic E-state index is 0.142. The van der Waals surface area contributed by atoms with Crippen molar-refractivity contribution in [3.63, 3.8) is 0 Å². The van der Waals surface area contributed by atoms with Crippen molar-refractivity contribution in [3.05, 3.63) is 0 Å². The average Bonchev–Trinajstić information content (AvgIpc) is 2.22. The molecule has 0 atom stereocenters. The predicted molar refractivity (Wildman–Crippen MR) is 64.4 cm³/mol. The highest BCUT2D eigenvalue weighted by Gasteiger charge is 2.30. The van der Waals surface area contributed by atoms with E-state index in [-0.39, 0.29) is 12.6 Å². The molecule has 0 radical (unpaired) electrons. The van der Waals surface area contributed by atoms with Crippen molar-refractivity contribution >= 4 is 6.03 Å². The Kier molecular flexibility index (Phi) is 5.60. The Hall–Kier alpha value is -0.770. The third-order valence-electron chi connectivity index (χ3n) is 3.35. The summed E-state index contributed by atoms with van der Waals surface area (Å²) >= 11 is 0. The van der Waals surface area contributed by atoms with Gasteiger partial charge in [0.25, 0.3) is 0 Å². The first kappa shape index (κ1) is 13.3. The number of aliphatic hydroxyl groups excluding tert-OH is 1. The molecule has 1 N–H and O–H groups in total. The summed E-state index contributed by atoms with van der Waals surface area (Å²) in [6.45, 7) is 6.39. The number of carbonyl (C=O) groups excluding carboxylic acids is 1. The molecule has 0 aliphatic heterocycles. The van der Waals surface area contributed by atoms with E-state index in [1.54, 1.807) is 0 Å². The van der Waals surface area contributed by atoms with E-state index >= 15 is 0 Å². The van der Waals surface area contributed by atoms with Gasteiger partial charge in [-0.05, 0) is 39.5 Å². The molecule has 2 amide bonds. The first-order valence-corrected chi connectivity index (χ1v) is 6.41. The zero-order valence-electron chi connectivity index (χ0n) is 10.5. The summed E-state index contributed by atoms with van der Waals surface area (Å²) in [6, 6.07) is 0.558. The first-order valence-electron chi connectivity index (χ1n) is 6.41. The van der Waals surface area contributed by atoms with Crippen molar-refractivity contribution in [1.29, 1.82) is 0 Å². The monoisotopic (exact) mass is 228 g/mol. The summed E-state index contributed by atoms with van der Waals surface area (Å²) in [4.78, 5) is 16.0. The van der Waals surface area contributed by atoms with Gasteiger partial charge in [0.2, 0.25) is 0 Å². The van der Waals surface area contributed by atoms with Gasteiger partial charge in [0.1, 0.15) is 0 Å². The highest BCUT2D eigenvalue weighted by Crippen LogP contribution is 2.25. The van der Waals surface area contributed by atoms with Crippen LogP contribution in [-0.2, 0) is 0 Å². The summed E-state index contributed by atoms with van der Waals surface area (Å²) in [5.41, 5.74) is 0. The fourth-order valence-corrected chi connectivity index (χ4v) is 2.05. The van der Waals surface area contributed by atoms with Gasteiger partial charge in [-0.1, -0.05) is 0 Å². The van der Waals surface area contributed by atoms with Crippen LogP contribution in [0.25, 0.3) is 0 Å². The average molecular weight is 228 g/mol. The molecule has 0 aromatic rings. The van der Waals surface area contributed by atoms with E-state index in [1.165, 1.54) is 6.42 Å². The van der Waals surface area contributed by atoms with Crippen LogP contribution in [0.3, 0.4) is 0 Å². The first-order chi connectivity index (χ1) is 7.74. The Labute approximate surface area is 98.2 Å². The molecule has 0 saturated heterocycles. The van der Waals surface area contributed by atoms with Crippen LogP contribution in [0.2, 0.25) is 0 Å². The summed E-state index contributed by atoms with van der Waals surface area (Å²) < 4.78 is 0. The third kappa shape index (κ3) is 3.11. The lowest BCUT2D eigenvalue weighted by atomic mass is 9.91. The van der Waals surface area contributed by atoms with Crippen LogP contribution in [0, 0.1) is 0 Å². The van der Waals surface area contributed by atoms with Crippen LogP contribution in [0.1, 0.15) is 39.5 Å². The van der Waals surface area contributed by atoms with Crippen molar-refractivity contribution < 1.29 is 9.90 Å². The maximum Gasteiger partial charge on any atom is 0.320 e. The van der Waals surface area contributed by atoms with Crippen LogP contribution in [0.4, 0.5) is 4.79 Å². The Balaban J connectivity index is 2.55. The molecule has 0 heterocycles. The lowest BCUT2D eigenvalue weighted by molar-refractivity contribution is 0.103. The topological polar surface area (TPSA) is 43.8 Å². The zero-order chi connectivity index (χ0) is 12.0. The molecule has 4 heteroatoms. The minimum Gasteiger partial charge on any atom is -0.396 e. The Morgan fingerprint density at radius 3 is 2.31 bits per heavy atom. The van der Waals surface area contributed by atoms with Gasteiger partial charge in [0.05, 0.1) is 0 Å². The number of urea groups is 1. The van der Waals surface area contributed by atoms with Crippen LogP contribution in [-0.4, -0.2) is 53.2 Å². The Morgan fingerprint density at radius 2 is 1.94 bits per heavy atom. The molecule has 0 spiro atoms. The number of hydrogen-bond acceptors (Lipinski definition) is 2. The quantitative estimate of drug-likeness (QED) is 0.751. The predicted octanol–water partition coefficient (Wildman–Crippen LogP) is 1.69. The molecule has 0 bridgehead atoms. The lowest BCUT2D eigenvalue weighted by Gasteiger charge is -2.40. The van der Waals surface area contributed by atoms with Gasteiger partial charge in [0.15, 0.2) is 0 Å². The van der Waals surface area contributed by atoms with Crippen LogP contribution < -0.4 is 0 Å². The Morgan fingerprint density at radius 1 is 1.31 bits per heavy atom. The molecule has 1 rings (SSSR count). The van der Waals surface area contributed by atoms with E-state index in [0.717, 1.165) is 25.9 Å². The van der Waals surface area contributed by atoms with E-state index in [1.807, 2.05) is 23.6 Å². The number of aliphatic hydroxyl groups is 1. The molecule has 0 aromatic carbocycles. The van der Waals surface area contributed by atoms with E-state index in [2.05, 4.69) is 0 Å². The number of nitrogens with zero attached hydrogens (tertiary/aromatic N) is 2.